The third-order valence-electron chi connectivity index (χ3n) is 7.51. The molecule has 2 aliphatic rings. The molecule has 4 rings (SSSR count). The number of esters is 1. The average Bonchev–Trinajstić information content (AvgIpc) is 3.35. The van der Waals surface area contributed by atoms with Gasteiger partial charge in [0.1, 0.15) is 12.2 Å². The van der Waals surface area contributed by atoms with Gasteiger partial charge in [-0.15, -0.1) is 0 Å². The van der Waals surface area contributed by atoms with E-state index in [4.69, 9.17) is 32.7 Å². The molecule has 11 heteroatoms. The molecule has 2 saturated heterocycles. The molecule has 0 aliphatic carbocycles. The van der Waals surface area contributed by atoms with Gasteiger partial charge in [-0.05, 0) is 61.6 Å². The number of nitrogens with zero attached hydrogens (tertiary/aromatic N) is 2. The van der Waals surface area contributed by atoms with Crippen molar-refractivity contribution in [2.75, 3.05) is 19.4 Å². The molecular formula is C28H34Cl2N2O6S. The first-order valence-corrected chi connectivity index (χ1v) is 15.5. The van der Waals surface area contributed by atoms with Crippen LogP contribution in [0.15, 0.2) is 48.5 Å². The van der Waals surface area contributed by atoms with Crippen molar-refractivity contribution in [1.29, 1.82) is 0 Å². The summed E-state index contributed by atoms with van der Waals surface area (Å²) in [6, 6.07) is 12.7. The van der Waals surface area contributed by atoms with Crippen molar-refractivity contribution in [2.45, 2.75) is 69.9 Å². The molecule has 0 radical (unpaired) electrons. The fraction of sp³-hybridized carbons (Fsp3) is 0.500. The summed E-state index contributed by atoms with van der Waals surface area (Å²) in [5.41, 5.74) is 1.42. The number of carbonyl (C=O) groups is 2. The summed E-state index contributed by atoms with van der Waals surface area (Å²) in [6.45, 7) is 4.23. The molecule has 39 heavy (non-hydrogen) atoms. The molecule has 212 valence electrons. The number of hydrogen-bond donors (Lipinski definition) is 0. The second kappa shape index (κ2) is 12.6. The van der Waals surface area contributed by atoms with Gasteiger partial charge in [-0.25, -0.2) is 8.42 Å². The first-order chi connectivity index (χ1) is 18.6. The number of halogens is 2. The normalized spacial score (nSPS) is 25.1. The van der Waals surface area contributed by atoms with Gasteiger partial charge in [0.05, 0.1) is 25.3 Å². The number of hydrogen-bond acceptors (Lipinski definition) is 6. The van der Waals surface area contributed by atoms with E-state index in [1.165, 1.54) is 11.4 Å². The van der Waals surface area contributed by atoms with E-state index in [0.717, 1.165) is 18.4 Å². The van der Waals surface area contributed by atoms with Crippen LogP contribution in [-0.2, 0) is 29.1 Å². The molecule has 0 spiro atoms. The van der Waals surface area contributed by atoms with Gasteiger partial charge in [-0.1, -0.05) is 54.4 Å². The Morgan fingerprint density at radius 2 is 1.85 bits per heavy atom. The Bertz CT molecular complexity index is 1290. The monoisotopic (exact) mass is 596 g/mol. The van der Waals surface area contributed by atoms with E-state index in [9.17, 15) is 18.0 Å². The van der Waals surface area contributed by atoms with Crippen LogP contribution < -0.4 is 0 Å². The highest BCUT2D eigenvalue weighted by Crippen LogP contribution is 2.45. The molecule has 5 atom stereocenters. The minimum atomic E-state index is -3.67. The predicted molar refractivity (Wildman–Crippen MR) is 150 cm³/mol. The number of sulfonamides is 1. The van der Waals surface area contributed by atoms with E-state index in [0.29, 0.717) is 28.6 Å². The molecule has 0 saturated carbocycles. The second-order valence-corrected chi connectivity index (χ2v) is 12.9. The van der Waals surface area contributed by atoms with E-state index in [-0.39, 0.29) is 18.2 Å². The Balaban J connectivity index is 1.83. The molecule has 0 aromatic heterocycles. The van der Waals surface area contributed by atoms with Crippen LogP contribution >= 0.6 is 23.2 Å². The highest BCUT2D eigenvalue weighted by Gasteiger charge is 2.48. The Morgan fingerprint density at radius 1 is 1.13 bits per heavy atom. The lowest BCUT2D eigenvalue weighted by atomic mass is 9.89. The number of rotatable bonds is 9. The van der Waals surface area contributed by atoms with Crippen LogP contribution in [0.2, 0.25) is 10.0 Å². The van der Waals surface area contributed by atoms with Gasteiger partial charge < -0.3 is 14.4 Å². The molecular weight excluding hydrogens is 563 g/mol. The van der Waals surface area contributed by atoms with E-state index in [1.54, 1.807) is 47.4 Å². The minimum absolute atomic E-state index is 0.0914. The summed E-state index contributed by atoms with van der Waals surface area (Å²) < 4.78 is 39.9. The SMILES string of the molecule is CCC(CS(=O)(=O)N1CCCC1C)N1C(=O)[C@H](CC(=O)OC)O[C@H](c2cccc(Cl)c2)[C@H]1c1ccc(Cl)cc1. The molecule has 2 aromatic carbocycles. The van der Waals surface area contributed by atoms with Crippen molar-refractivity contribution in [2.24, 2.45) is 0 Å². The lowest BCUT2D eigenvalue weighted by molar-refractivity contribution is -0.183. The average molecular weight is 598 g/mol. The van der Waals surface area contributed by atoms with E-state index in [1.807, 2.05) is 19.9 Å². The fourth-order valence-corrected chi connectivity index (χ4v) is 7.99. The molecule has 0 N–H and O–H groups in total. The van der Waals surface area contributed by atoms with Gasteiger partial charge in [-0.3, -0.25) is 9.59 Å². The first kappa shape index (κ1) is 29.8. The minimum Gasteiger partial charge on any atom is -0.469 e. The van der Waals surface area contributed by atoms with Crippen LogP contribution in [0.25, 0.3) is 0 Å². The van der Waals surface area contributed by atoms with Crippen LogP contribution in [0.4, 0.5) is 0 Å². The molecule has 0 bridgehead atoms. The zero-order chi connectivity index (χ0) is 28.3. The van der Waals surface area contributed by atoms with Gasteiger partial charge in [0.25, 0.3) is 5.91 Å². The third-order valence-corrected chi connectivity index (χ3v) is 10.1. The van der Waals surface area contributed by atoms with Crippen molar-refractivity contribution in [3.8, 4) is 0 Å². The number of morpholine rings is 1. The van der Waals surface area contributed by atoms with Gasteiger partial charge in [0.2, 0.25) is 10.0 Å². The van der Waals surface area contributed by atoms with Crippen molar-refractivity contribution >= 4 is 45.1 Å². The maximum atomic E-state index is 14.1. The van der Waals surface area contributed by atoms with Crippen molar-refractivity contribution in [3.05, 3.63) is 69.7 Å². The van der Waals surface area contributed by atoms with Gasteiger partial charge in [-0.2, -0.15) is 4.31 Å². The molecule has 2 aromatic rings. The number of benzene rings is 2. The highest BCUT2D eigenvalue weighted by atomic mass is 35.5. The lowest BCUT2D eigenvalue weighted by Gasteiger charge is -2.48. The molecule has 2 fully saturated rings. The maximum absolute atomic E-state index is 14.1. The summed E-state index contributed by atoms with van der Waals surface area (Å²) >= 11 is 12.5. The summed E-state index contributed by atoms with van der Waals surface area (Å²) in [4.78, 5) is 28.0. The topological polar surface area (TPSA) is 93.2 Å². The fourth-order valence-electron chi connectivity index (χ4n) is 5.53. The van der Waals surface area contributed by atoms with Crippen LogP contribution in [0.1, 0.15) is 62.8 Å². The van der Waals surface area contributed by atoms with Crippen molar-refractivity contribution in [1.82, 2.24) is 9.21 Å². The van der Waals surface area contributed by atoms with Crippen LogP contribution in [-0.4, -0.2) is 67.1 Å². The molecule has 2 heterocycles. The molecule has 1 amide bonds. The largest absolute Gasteiger partial charge is 0.469 e. The Labute approximate surface area is 240 Å². The van der Waals surface area contributed by atoms with E-state index in [2.05, 4.69) is 0 Å². The number of ether oxygens (including phenoxy) is 2. The summed E-state index contributed by atoms with van der Waals surface area (Å²) in [5.74, 6) is -1.30. The lowest BCUT2D eigenvalue weighted by Crippen LogP contribution is -2.57. The summed E-state index contributed by atoms with van der Waals surface area (Å²) in [7, 11) is -2.43. The Kier molecular flexibility index (Phi) is 9.60. The quantitative estimate of drug-likeness (QED) is 0.371. The second-order valence-electron chi connectivity index (χ2n) is 10.1. The zero-order valence-corrected chi connectivity index (χ0v) is 24.6. The van der Waals surface area contributed by atoms with Gasteiger partial charge in [0.15, 0.2) is 0 Å². The smallest absolute Gasteiger partial charge is 0.308 e. The number of methoxy groups -OCH3 is 1. The Morgan fingerprint density at radius 3 is 2.44 bits per heavy atom. The standard InChI is InChI=1S/C28H34Cl2N2O6S/c1-4-23(17-39(35,36)31-14-6-7-18(31)2)32-26(19-10-12-21(29)13-11-19)27(20-8-5-9-22(30)15-20)38-24(28(32)34)16-25(33)37-3/h5,8-13,15,18,23-24,26-27H,4,6-7,14,16-17H2,1-3H3/t18?,23?,24-,26+,27+/m0/s1. The highest BCUT2D eigenvalue weighted by molar-refractivity contribution is 7.89. The Hall–Kier alpha value is -2.17. The van der Waals surface area contributed by atoms with E-state index >= 15 is 0 Å². The van der Waals surface area contributed by atoms with Crippen LogP contribution in [0.5, 0.6) is 0 Å². The van der Waals surface area contributed by atoms with E-state index < -0.39 is 46.2 Å². The van der Waals surface area contributed by atoms with Gasteiger partial charge in [0, 0.05) is 28.7 Å². The number of carbonyl (C=O) groups excluding carboxylic acids is 2. The third kappa shape index (κ3) is 6.60. The predicted octanol–water partition coefficient (Wildman–Crippen LogP) is 5.16. The van der Waals surface area contributed by atoms with Crippen LogP contribution in [0.3, 0.4) is 0 Å². The summed E-state index contributed by atoms with van der Waals surface area (Å²) in [5, 5.41) is 1.01. The first-order valence-electron chi connectivity index (χ1n) is 13.1. The van der Waals surface area contributed by atoms with Crippen molar-refractivity contribution < 1.29 is 27.5 Å². The molecule has 8 nitrogen and oxygen atoms in total. The number of amides is 1. The van der Waals surface area contributed by atoms with Gasteiger partial charge >= 0.3 is 5.97 Å². The molecule has 2 unspecified atom stereocenters. The maximum Gasteiger partial charge on any atom is 0.308 e. The van der Waals surface area contributed by atoms with Crippen molar-refractivity contribution in [3.63, 3.8) is 0 Å². The molecule has 2 aliphatic heterocycles. The summed E-state index contributed by atoms with van der Waals surface area (Å²) in [6.07, 6.45) is -0.212. The zero-order valence-electron chi connectivity index (χ0n) is 22.3. The van der Waals surface area contributed by atoms with Crippen LogP contribution in [0, 0.1) is 0 Å².